The molecule has 1 heteroatoms. The third kappa shape index (κ3) is 7.67. The van der Waals surface area contributed by atoms with Crippen LogP contribution in [0.1, 0.15) is 131 Å². The molecule has 0 heterocycles. The number of hydrogen-bond donors (Lipinski definition) is 0. The van der Waals surface area contributed by atoms with Crippen molar-refractivity contribution in [2.45, 2.75) is 131 Å². The molecule has 0 spiro atoms. The van der Waals surface area contributed by atoms with Gasteiger partial charge in [0.1, 0.15) is 5.78 Å². The van der Waals surface area contributed by atoms with Crippen LogP contribution in [0.15, 0.2) is 0 Å². The molecule has 0 saturated heterocycles. The van der Waals surface area contributed by atoms with E-state index in [1.165, 1.54) is 83.5 Å². The van der Waals surface area contributed by atoms with Gasteiger partial charge in [-0.2, -0.15) is 0 Å². The summed E-state index contributed by atoms with van der Waals surface area (Å²) in [6.07, 6.45) is 18.9. The lowest BCUT2D eigenvalue weighted by atomic mass is 9.68. The van der Waals surface area contributed by atoms with E-state index in [2.05, 4.69) is 27.7 Å². The summed E-state index contributed by atoms with van der Waals surface area (Å²) in [5.74, 6) is 6.83. The number of hydrogen-bond acceptors (Lipinski definition) is 1. The van der Waals surface area contributed by atoms with Crippen LogP contribution in [0, 0.1) is 47.3 Å². The zero-order chi connectivity index (χ0) is 22.1. The normalized spacial score (nSPS) is 36.9. The zero-order valence-electron chi connectivity index (χ0n) is 21.4. The third-order valence-electron chi connectivity index (χ3n) is 9.31. The van der Waals surface area contributed by atoms with E-state index >= 15 is 0 Å². The molecule has 176 valence electrons. The maximum atomic E-state index is 13.1. The largest absolute Gasteiger partial charge is 0.299 e. The quantitative estimate of drug-likeness (QED) is 0.403. The van der Waals surface area contributed by atoms with Crippen LogP contribution in [-0.4, -0.2) is 5.78 Å². The Balaban J connectivity index is 0.00000155. The molecule has 0 aromatic heterocycles. The minimum absolute atomic E-state index is 0.294. The minimum Gasteiger partial charge on any atom is -0.299 e. The summed E-state index contributed by atoms with van der Waals surface area (Å²) in [5.41, 5.74) is 0. The second kappa shape index (κ2) is 13.3. The lowest BCUT2D eigenvalue weighted by Crippen LogP contribution is -2.30. The van der Waals surface area contributed by atoms with E-state index in [1.54, 1.807) is 0 Å². The second-order valence-corrected chi connectivity index (χ2v) is 11.5. The zero-order valence-corrected chi connectivity index (χ0v) is 21.4. The van der Waals surface area contributed by atoms with E-state index in [-0.39, 0.29) is 0 Å². The van der Waals surface area contributed by atoms with Crippen LogP contribution < -0.4 is 0 Å². The molecule has 0 aromatic rings. The van der Waals surface area contributed by atoms with E-state index in [9.17, 15) is 4.79 Å². The van der Waals surface area contributed by atoms with Crippen molar-refractivity contribution in [1.82, 2.24) is 0 Å². The highest BCUT2D eigenvalue weighted by Crippen LogP contribution is 2.42. The Morgan fingerprint density at radius 3 is 1.60 bits per heavy atom. The summed E-state index contributed by atoms with van der Waals surface area (Å²) in [5, 5.41) is 0. The molecule has 3 rings (SSSR count). The summed E-state index contributed by atoms with van der Waals surface area (Å²) in [4.78, 5) is 13.1. The van der Waals surface area contributed by atoms with Gasteiger partial charge in [-0.25, -0.2) is 0 Å². The predicted octanol–water partition coefficient (Wildman–Crippen LogP) is 9.09. The van der Waals surface area contributed by atoms with Crippen LogP contribution >= 0.6 is 0 Å². The van der Waals surface area contributed by atoms with Gasteiger partial charge in [-0.15, -0.1) is 0 Å². The Morgan fingerprint density at radius 1 is 0.667 bits per heavy atom. The molecule has 3 saturated carbocycles. The average Bonchev–Trinajstić information content (AvgIpc) is 2.79. The Bertz CT molecular complexity index is 459. The van der Waals surface area contributed by atoms with E-state index in [0.717, 1.165) is 41.9 Å². The first-order valence-electron chi connectivity index (χ1n) is 14.0. The molecule has 2 unspecified atom stereocenters. The Kier molecular flexibility index (Phi) is 11.5. The van der Waals surface area contributed by atoms with Crippen molar-refractivity contribution in [3.8, 4) is 0 Å². The monoisotopic (exact) mass is 418 g/mol. The first-order chi connectivity index (χ1) is 14.4. The number of carbonyl (C=O) groups is 1. The van der Waals surface area contributed by atoms with Crippen molar-refractivity contribution in [2.75, 3.05) is 0 Å². The number of rotatable bonds is 7. The van der Waals surface area contributed by atoms with Crippen molar-refractivity contribution >= 4 is 5.78 Å². The van der Waals surface area contributed by atoms with Crippen molar-refractivity contribution < 1.29 is 4.79 Å². The van der Waals surface area contributed by atoms with Gasteiger partial charge < -0.3 is 0 Å². The molecule has 0 amide bonds. The fraction of sp³-hybridized carbons (Fsp3) is 0.966. The van der Waals surface area contributed by atoms with E-state index in [4.69, 9.17) is 0 Å². The number of Topliss-reactive ketones (excluding diaryl/α,β-unsaturated/α-hetero) is 1. The van der Waals surface area contributed by atoms with Gasteiger partial charge >= 0.3 is 0 Å². The fourth-order valence-corrected chi connectivity index (χ4v) is 6.78. The number of ketones is 1. The van der Waals surface area contributed by atoms with Gasteiger partial charge in [-0.1, -0.05) is 67.2 Å². The van der Waals surface area contributed by atoms with Crippen LogP contribution in [0.4, 0.5) is 0 Å². The van der Waals surface area contributed by atoms with Gasteiger partial charge in [0.2, 0.25) is 0 Å². The van der Waals surface area contributed by atoms with Crippen molar-refractivity contribution in [3.63, 3.8) is 0 Å². The van der Waals surface area contributed by atoms with Crippen molar-refractivity contribution in [2.24, 2.45) is 47.3 Å². The first kappa shape index (κ1) is 25.9. The highest BCUT2D eigenvalue weighted by Gasteiger charge is 2.33. The van der Waals surface area contributed by atoms with Crippen LogP contribution in [0.5, 0.6) is 0 Å². The Hall–Kier alpha value is -0.330. The molecule has 1 nitrogen and oxygen atoms in total. The molecule has 30 heavy (non-hydrogen) atoms. The molecule has 3 fully saturated rings. The Morgan fingerprint density at radius 2 is 1.10 bits per heavy atom. The van der Waals surface area contributed by atoms with Crippen LogP contribution in [0.2, 0.25) is 0 Å². The van der Waals surface area contributed by atoms with Crippen molar-refractivity contribution in [1.29, 1.82) is 0 Å². The molecular formula is C29H54O. The average molecular weight is 419 g/mol. The molecule has 0 aromatic carbocycles. The highest BCUT2D eigenvalue weighted by atomic mass is 16.1. The maximum absolute atomic E-state index is 13.1. The molecule has 0 N–H and O–H groups in total. The molecule has 0 aliphatic heterocycles. The van der Waals surface area contributed by atoms with Crippen LogP contribution in [0.3, 0.4) is 0 Å². The maximum Gasteiger partial charge on any atom is 0.138 e. The van der Waals surface area contributed by atoms with E-state index in [0.29, 0.717) is 17.6 Å². The second-order valence-electron chi connectivity index (χ2n) is 11.5. The predicted molar refractivity (Wildman–Crippen MR) is 132 cm³/mol. The standard InChI is InChI=1S/C27H48O.C2H6/c1-19-5-11-23(12-6-19)21(3)9-10-22(4)27(28)26-17-15-25(16-18-26)24-13-7-20(2)8-14-24;1-2/h19-26H,5-18H2,1-4H3;1-2H3. The van der Waals surface area contributed by atoms with Crippen LogP contribution in [0.25, 0.3) is 0 Å². The van der Waals surface area contributed by atoms with Gasteiger partial charge in [0, 0.05) is 11.8 Å². The third-order valence-corrected chi connectivity index (χ3v) is 9.31. The fourth-order valence-electron chi connectivity index (χ4n) is 6.78. The smallest absolute Gasteiger partial charge is 0.138 e. The molecule has 3 aliphatic rings. The SMILES string of the molecule is CC.CC1CCC(C(C)CCC(C)C(=O)C2CCC(C3CCC(C)CC3)CC2)CC1. The minimum atomic E-state index is 0.294. The molecule has 2 atom stereocenters. The van der Waals surface area contributed by atoms with Gasteiger partial charge in [-0.3, -0.25) is 4.79 Å². The lowest BCUT2D eigenvalue weighted by molar-refractivity contribution is -0.128. The lowest BCUT2D eigenvalue weighted by Gasteiger charge is -2.37. The van der Waals surface area contributed by atoms with Crippen molar-refractivity contribution in [3.05, 3.63) is 0 Å². The van der Waals surface area contributed by atoms with Gasteiger partial charge in [-0.05, 0) is 99.7 Å². The first-order valence-corrected chi connectivity index (χ1v) is 14.0. The molecular weight excluding hydrogens is 364 g/mol. The Labute approximate surface area is 189 Å². The number of carbonyl (C=O) groups excluding carboxylic acids is 1. The van der Waals surface area contributed by atoms with Gasteiger partial charge in [0.05, 0.1) is 0 Å². The molecule has 3 aliphatic carbocycles. The summed E-state index contributed by atoms with van der Waals surface area (Å²) < 4.78 is 0. The summed E-state index contributed by atoms with van der Waals surface area (Å²) in [6.45, 7) is 13.5. The molecule has 0 bridgehead atoms. The summed E-state index contributed by atoms with van der Waals surface area (Å²) in [6, 6.07) is 0. The van der Waals surface area contributed by atoms with Gasteiger partial charge in [0.25, 0.3) is 0 Å². The summed E-state index contributed by atoms with van der Waals surface area (Å²) in [7, 11) is 0. The topological polar surface area (TPSA) is 17.1 Å². The van der Waals surface area contributed by atoms with E-state index in [1.807, 2.05) is 13.8 Å². The summed E-state index contributed by atoms with van der Waals surface area (Å²) >= 11 is 0. The van der Waals surface area contributed by atoms with Gasteiger partial charge in [0.15, 0.2) is 0 Å². The molecule has 0 radical (unpaired) electrons. The highest BCUT2D eigenvalue weighted by molar-refractivity contribution is 5.83. The van der Waals surface area contributed by atoms with Crippen LogP contribution in [-0.2, 0) is 4.79 Å². The van der Waals surface area contributed by atoms with E-state index < -0.39 is 0 Å².